The van der Waals surface area contributed by atoms with Gasteiger partial charge < -0.3 is 0 Å². The van der Waals surface area contributed by atoms with Crippen molar-refractivity contribution in [2.75, 3.05) is 0 Å². The average Bonchev–Trinajstić information content (AvgIpc) is 2.64. The molecule has 1 saturated carbocycles. The van der Waals surface area contributed by atoms with Crippen LogP contribution in [0.1, 0.15) is 24.8 Å². The number of pyridine rings is 1. The molecule has 1 fully saturated rings. The molecule has 0 N–H and O–H groups in total. The minimum absolute atomic E-state index is 0.236. The van der Waals surface area contributed by atoms with E-state index in [1.165, 1.54) is 0 Å². The Bertz CT molecular complexity index is 543. The summed E-state index contributed by atoms with van der Waals surface area (Å²) in [5, 5.41) is 13.4. The number of nitrogens with zero attached hydrogens (tertiary/aromatic N) is 3. The fourth-order valence-electron chi connectivity index (χ4n) is 2.19. The molecule has 3 rings (SSSR count). The van der Waals surface area contributed by atoms with Gasteiger partial charge in [-0.05, 0) is 37.0 Å². The van der Waals surface area contributed by atoms with Gasteiger partial charge in [0.25, 0.3) is 0 Å². The summed E-state index contributed by atoms with van der Waals surface area (Å²) in [6.45, 7) is 0. The van der Waals surface area contributed by atoms with Crippen LogP contribution < -0.4 is 0 Å². The van der Waals surface area contributed by atoms with Crippen LogP contribution in [0.4, 0.5) is 0 Å². The Labute approximate surface area is 87.9 Å². The summed E-state index contributed by atoms with van der Waals surface area (Å²) in [6, 6.07) is 8.49. The monoisotopic (exact) mass is 197 g/mol. The number of aromatic nitrogens is 2. The van der Waals surface area contributed by atoms with Crippen molar-refractivity contribution in [3.63, 3.8) is 0 Å². The number of rotatable bonds is 1. The molecular weight excluding hydrogens is 186 g/mol. The molecule has 3 heteroatoms. The zero-order valence-electron chi connectivity index (χ0n) is 8.35. The van der Waals surface area contributed by atoms with E-state index < -0.39 is 0 Å². The van der Waals surface area contributed by atoms with Crippen LogP contribution in [0.2, 0.25) is 0 Å². The highest BCUT2D eigenvalue weighted by Gasteiger charge is 2.39. The first kappa shape index (κ1) is 8.49. The van der Waals surface area contributed by atoms with Gasteiger partial charge in [-0.1, -0.05) is 6.07 Å². The largest absolute Gasteiger partial charge is 0.241 e. The molecule has 0 aliphatic heterocycles. The molecule has 0 amide bonds. The van der Waals surface area contributed by atoms with E-state index in [9.17, 15) is 5.26 Å². The van der Waals surface area contributed by atoms with Gasteiger partial charge in [0, 0.05) is 12.4 Å². The lowest BCUT2D eigenvalue weighted by molar-refractivity contribution is 0.323. The molecule has 15 heavy (non-hydrogen) atoms. The number of hydrogen-bond acceptors (Lipinski definition) is 2. The summed E-state index contributed by atoms with van der Waals surface area (Å²) in [4.78, 5) is 0. The highest BCUT2D eigenvalue weighted by molar-refractivity contribution is 5.48. The predicted molar refractivity (Wildman–Crippen MR) is 56.3 cm³/mol. The standard InChI is InChI=1S/C12H11N3/c13-9-12(5-1-6-12)10-2-3-11-4-7-14-15(11)8-10/h2-4,7-8H,1,5-6H2. The molecule has 0 spiro atoms. The van der Waals surface area contributed by atoms with Gasteiger partial charge >= 0.3 is 0 Å². The van der Waals surface area contributed by atoms with Crippen LogP contribution in [0.25, 0.3) is 5.52 Å². The maximum absolute atomic E-state index is 9.23. The highest BCUT2D eigenvalue weighted by atomic mass is 15.2. The predicted octanol–water partition coefficient (Wildman–Crippen LogP) is 2.28. The van der Waals surface area contributed by atoms with E-state index in [-0.39, 0.29) is 5.41 Å². The van der Waals surface area contributed by atoms with E-state index in [2.05, 4.69) is 17.2 Å². The second-order valence-electron chi connectivity index (χ2n) is 4.17. The fourth-order valence-corrected chi connectivity index (χ4v) is 2.19. The van der Waals surface area contributed by atoms with Crippen molar-refractivity contribution in [1.29, 1.82) is 5.26 Å². The molecule has 74 valence electrons. The molecular formula is C12H11N3. The molecule has 0 atom stereocenters. The van der Waals surface area contributed by atoms with Crippen molar-refractivity contribution in [2.24, 2.45) is 0 Å². The summed E-state index contributed by atoms with van der Waals surface area (Å²) in [6.07, 6.45) is 6.88. The average molecular weight is 197 g/mol. The number of hydrogen-bond donors (Lipinski definition) is 0. The molecule has 2 aromatic rings. The fraction of sp³-hybridized carbons (Fsp3) is 0.333. The Morgan fingerprint density at radius 2 is 2.20 bits per heavy atom. The Kier molecular flexibility index (Phi) is 1.60. The van der Waals surface area contributed by atoms with Gasteiger partial charge in [0.1, 0.15) is 0 Å². The van der Waals surface area contributed by atoms with Crippen molar-refractivity contribution in [3.8, 4) is 6.07 Å². The van der Waals surface area contributed by atoms with Gasteiger partial charge in [0.15, 0.2) is 0 Å². The van der Waals surface area contributed by atoms with E-state index in [4.69, 9.17) is 0 Å². The molecule has 2 aromatic heterocycles. The molecule has 0 unspecified atom stereocenters. The van der Waals surface area contributed by atoms with Gasteiger partial charge in [-0.3, -0.25) is 0 Å². The Balaban J connectivity index is 2.15. The molecule has 0 aromatic carbocycles. The summed E-state index contributed by atoms with van der Waals surface area (Å²) in [5.74, 6) is 0. The Hall–Kier alpha value is -1.82. The van der Waals surface area contributed by atoms with Crippen LogP contribution in [-0.2, 0) is 5.41 Å². The van der Waals surface area contributed by atoms with Gasteiger partial charge in [-0.25, -0.2) is 4.52 Å². The zero-order valence-corrected chi connectivity index (χ0v) is 8.35. The Morgan fingerprint density at radius 3 is 2.87 bits per heavy atom. The molecule has 1 aliphatic rings. The van der Waals surface area contributed by atoms with Crippen molar-refractivity contribution in [1.82, 2.24) is 9.61 Å². The van der Waals surface area contributed by atoms with Crippen LogP contribution in [0.3, 0.4) is 0 Å². The quantitative estimate of drug-likeness (QED) is 0.703. The van der Waals surface area contributed by atoms with Crippen LogP contribution in [0.5, 0.6) is 0 Å². The third-order valence-corrected chi connectivity index (χ3v) is 3.37. The lowest BCUT2D eigenvalue weighted by Crippen LogP contribution is -2.32. The first-order valence-electron chi connectivity index (χ1n) is 5.19. The third kappa shape index (κ3) is 1.08. The van der Waals surface area contributed by atoms with Crippen molar-refractivity contribution < 1.29 is 0 Å². The van der Waals surface area contributed by atoms with E-state index in [0.717, 1.165) is 30.3 Å². The van der Waals surface area contributed by atoms with Crippen molar-refractivity contribution in [3.05, 3.63) is 36.2 Å². The van der Waals surface area contributed by atoms with Gasteiger partial charge in [-0.15, -0.1) is 0 Å². The molecule has 0 saturated heterocycles. The number of nitriles is 1. The Morgan fingerprint density at radius 1 is 1.33 bits per heavy atom. The maximum Gasteiger partial charge on any atom is 0.0837 e. The lowest BCUT2D eigenvalue weighted by Gasteiger charge is -2.35. The molecule has 1 aliphatic carbocycles. The van der Waals surface area contributed by atoms with Crippen LogP contribution >= 0.6 is 0 Å². The molecule has 3 nitrogen and oxygen atoms in total. The maximum atomic E-state index is 9.23. The molecule has 2 heterocycles. The van der Waals surface area contributed by atoms with Crippen molar-refractivity contribution >= 4 is 5.52 Å². The second kappa shape index (κ2) is 2.83. The smallest absolute Gasteiger partial charge is 0.0837 e. The van der Waals surface area contributed by atoms with Crippen molar-refractivity contribution in [2.45, 2.75) is 24.7 Å². The summed E-state index contributed by atoms with van der Waals surface area (Å²) in [7, 11) is 0. The first-order chi connectivity index (χ1) is 7.34. The highest BCUT2D eigenvalue weighted by Crippen LogP contribution is 2.42. The number of fused-ring (bicyclic) bond motifs is 1. The second-order valence-corrected chi connectivity index (χ2v) is 4.17. The van der Waals surface area contributed by atoms with Gasteiger partial charge in [-0.2, -0.15) is 10.4 Å². The van der Waals surface area contributed by atoms with E-state index in [1.54, 1.807) is 6.20 Å². The topological polar surface area (TPSA) is 41.1 Å². The van der Waals surface area contributed by atoms with E-state index in [1.807, 2.05) is 22.8 Å². The first-order valence-corrected chi connectivity index (χ1v) is 5.19. The van der Waals surface area contributed by atoms with Gasteiger partial charge in [0.05, 0.1) is 17.0 Å². The normalized spacial score (nSPS) is 18.3. The van der Waals surface area contributed by atoms with E-state index in [0.29, 0.717) is 0 Å². The minimum atomic E-state index is -0.236. The third-order valence-electron chi connectivity index (χ3n) is 3.37. The lowest BCUT2D eigenvalue weighted by atomic mass is 9.66. The van der Waals surface area contributed by atoms with Crippen LogP contribution in [0, 0.1) is 11.3 Å². The van der Waals surface area contributed by atoms with Crippen LogP contribution in [0.15, 0.2) is 30.6 Å². The zero-order chi connectivity index (χ0) is 10.3. The van der Waals surface area contributed by atoms with Crippen LogP contribution in [-0.4, -0.2) is 9.61 Å². The van der Waals surface area contributed by atoms with Gasteiger partial charge in [0.2, 0.25) is 0 Å². The molecule has 0 radical (unpaired) electrons. The van der Waals surface area contributed by atoms with E-state index >= 15 is 0 Å². The summed E-state index contributed by atoms with van der Waals surface area (Å²) in [5.41, 5.74) is 1.94. The summed E-state index contributed by atoms with van der Waals surface area (Å²) >= 11 is 0. The molecule has 0 bridgehead atoms. The summed E-state index contributed by atoms with van der Waals surface area (Å²) < 4.78 is 1.84. The SMILES string of the molecule is N#CC1(c2ccc3ccnn3c2)CCC1. The minimum Gasteiger partial charge on any atom is -0.241 e.